The van der Waals surface area contributed by atoms with E-state index >= 15 is 0 Å². The maximum Gasteiger partial charge on any atom is 0.246 e. The lowest BCUT2D eigenvalue weighted by Gasteiger charge is -2.18. The number of anilines is 1. The van der Waals surface area contributed by atoms with Gasteiger partial charge in [0.05, 0.1) is 18.4 Å². The van der Waals surface area contributed by atoms with E-state index in [1.807, 2.05) is 13.8 Å². The van der Waals surface area contributed by atoms with E-state index in [1.54, 1.807) is 42.7 Å². The number of benzene rings is 1. The molecule has 0 fully saturated rings. The molecule has 1 amide bonds. The molecule has 0 bridgehead atoms. The average molecular weight is 501 g/mol. The van der Waals surface area contributed by atoms with Crippen molar-refractivity contribution in [1.82, 2.24) is 15.6 Å². The van der Waals surface area contributed by atoms with E-state index < -0.39 is 5.82 Å². The number of hydrogen-bond acceptors (Lipinski definition) is 4. The Labute approximate surface area is 181 Å². The van der Waals surface area contributed by atoms with Crippen LogP contribution in [0.25, 0.3) is 0 Å². The zero-order valence-electron chi connectivity index (χ0n) is 15.8. The van der Waals surface area contributed by atoms with E-state index in [9.17, 15) is 9.18 Å². The highest BCUT2D eigenvalue weighted by atomic mass is 127. The van der Waals surface area contributed by atoms with Crippen molar-refractivity contribution in [3.63, 3.8) is 0 Å². The molecule has 9 heteroatoms. The second kappa shape index (κ2) is 12.9. The van der Waals surface area contributed by atoms with Crippen molar-refractivity contribution in [2.75, 3.05) is 25.0 Å². The van der Waals surface area contributed by atoms with Gasteiger partial charge in [0.1, 0.15) is 12.6 Å². The first kappa shape index (κ1) is 23.6. The van der Waals surface area contributed by atoms with Gasteiger partial charge in [0.15, 0.2) is 17.5 Å². The van der Waals surface area contributed by atoms with Crippen LogP contribution in [0.4, 0.5) is 10.1 Å². The highest BCUT2D eigenvalue weighted by Gasteiger charge is 2.09. The summed E-state index contributed by atoms with van der Waals surface area (Å²) in [5.74, 6) is 0.0141. The lowest BCUT2D eigenvalue weighted by Crippen LogP contribution is -2.42. The molecule has 1 aromatic heterocycles. The van der Waals surface area contributed by atoms with Crippen LogP contribution in [0.1, 0.15) is 13.8 Å². The molecule has 28 heavy (non-hydrogen) atoms. The van der Waals surface area contributed by atoms with Crippen LogP contribution >= 0.6 is 24.0 Å². The fourth-order valence-electron chi connectivity index (χ4n) is 2.17. The van der Waals surface area contributed by atoms with Gasteiger partial charge in [-0.1, -0.05) is 12.1 Å². The second-order valence-electron chi connectivity index (χ2n) is 5.72. The Morgan fingerprint density at radius 1 is 1.25 bits per heavy atom. The van der Waals surface area contributed by atoms with Gasteiger partial charge in [0.25, 0.3) is 0 Å². The number of aliphatic imine (C=N–C) groups is 1. The molecule has 2 aromatic rings. The summed E-state index contributed by atoms with van der Waals surface area (Å²) >= 11 is 0. The predicted octanol–water partition coefficient (Wildman–Crippen LogP) is 2.80. The zero-order chi connectivity index (χ0) is 19.5. The Morgan fingerprint density at radius 2 is 2.04 bits per heavy atom. The second-order valence-corrected chi connectivity index (χ2v) is 5.72. The fraction of sp³-hybridized carbons (Fsp3) is 0.316. The first-order valence-corrected chi connectivity index (χ1v) is 8.71. The van der Waals surface area contributed by atoms with Gasteiger partial charge in [-0.25, -0.2) is 9.38 Å². The Kier molecular flexibility index (Phi) is 10.8. The highest BCUT2D eigenvalue weighted by molar-refractivity contribution is 14.0. The molecule has 0 spiro atoms. The minimum absolute atomic E-state index is 0. The van der Waals surface area contributed by atoms with Gasteiger partial charge in [-0.2, -0.15) is 0 Å². The van der Waals surface area contributed by atoms with Crippen molar-refractivity contribution in [3.8, 4) is 5.75 Å². The largest absolute Gasteiger partial charge is 0.486 e. The molecule has 0 saturated heterocycles. The summed E-state index contributed by atoms with van der Waals surface area (Å²) in [7, 11) is 0. The van der Waals surface area contributed by atoms with Gasteiger partial charge in [-0.05, 0) is 38.1 Å². The number of guanidine groups is 1. The molecule has 0 aliphatic rings. The standard InChI is InChI=1S/C19H24FN5O2.HI/c1-3-22-19(24-13-18(26)25-15-7-6-10-21-12-15)23-11-14(2)27-17-9-5-4-8-16(17)20;/h4-10,12,14H,3,11,13H2,1-2H3,(H,25,26)(H2,22,23,24);1H. The maximum absolute atomic E-state index is 13.6. The van der Waals surface area contributed by atoms with Gasteiger partial charge in [0.2, 0.25) is 5.91 Å². The van der Waals surface area contributed by atoms with Gasteiger partial charge < -0.3 is 20.7 Å². The Balaban J connectivity index is 0.00000392. The summed E-state index contributed by atoms with van der Waals surface area (Å²) in [6, 6.07) is 9.74. The highest BCUT2D eigenvalue weighted by Crippen LogP contribution is 2.16. The molecule has 0 saturated carbocycles. The first-order valence-electron chi connectivity index (χ1n) is 8.71. The molecular formula is C19H25FIN5O2. The summed E-state index contributed by atoms with van der Waals surface area (Å²) in [5.41, 5.74) is 0.613. The van der Waals surface area contributed by atoms with E-state index in [1.165, 1.54) is 6.07 Å². The third kappa shape index (κ3) is 8.51. The number of carbonyl (C=O) groups excluding carboxylic acids is 1. The number of pyridine rings is 1. The van der Waals surface area contributed by atoms with E-state index in [2.05, 4.69) is 25.9 Å². The minimum atomic E-state index is -0.406. The lowest BCUT2D eigenvalue weighted by molar-refractivity contribution is -0.114. The molecule has 0 aliphatic heterocycles. The van der Waals surface area contributed by atoms with Crippen molar-refractivity contribution < 1.29 is 13.9 Å². The fourth-order valence-corrected chi connectivity index (χ4v) is 2.17. The number of amides is 1. The van der Waals surface area contributed by atoms with Crippen molar-refractivity contribution in [2.45, 2.75) is 20.0 Å². The molecule has 0 aliphatic carbocycles. The summed E-state index contributed by atoms with van der Waals surface area (Å²) in [5, 5.41) is 8.84. The summed E-state index contributed by atoms with van der Waals surface area (Å²) in [6.45, 7) is 4.72. The third-order valence-corrected chi connectivity index (χ3v) is 3.39. The van der Waals surface area contributed by atoms with Crippen LogP contribution in [0.2, 0.25) is 0 Å². The predicted molar refractivity (Wildman–Crippen MR) is 119 cm³/mol. The molecule has 1 atom stereocenters. The van der Waals surface area contributed by atoms with Gasteiger partial charge >= 0.3 is 0 Å². The van der Waals surface area contributed by atoms with Crippen molar-refractivity contribution in [1.29, 1.82) is 0 Å². The van der Waals surface area contributed by atoms with Crippen LogP contribution in [-0.4, -0.2) is 42.6 Å². The van der Waals surface area contributed by atoms with Crippen LogP contribution in [0, 0.1) is 5.82 Å². The van der Waals surface area contributed by atoms with Crippen molar-refractivity contribution >= 4 is 41.5 Å². The zero-order valence-corrected chi connectivity index (χ0v) is 18.1. The molecule has 152 valence electrons. The van der Waals surface area contributed by atoms with Gasteiger partial charge in [-0.3, -0.25) is 9.78 Å². The number of ether oxygens (including phenoxy) is 1. The van der Waals surface area contributed by atoms with Crippen LogP contribution in [-0.2, 0) is 4.79 Å². The quantitative estimate of drug-likeness (QED) is 0.294. The van der Waals surface area contributed by atoms with Gasteiger partial charge in [0, 0.05) is 12.7 Å². The van der Waals surface area contributed by atoms with E-state index in [0.29, 0.717) is 24.7 Å². The Morgan fingerprint density at radius 3 is 2.71 bits per heavy atom. The topological polar surface area (TPSA) is 87.6 Å². The molecule has 1 heterocycles. The molecule has 2 rings (SSSR count). The lowest BCUT2D eigenvalue weighted by atomic mass is 10.3. The van der Waals surface area contributed by atoms with Crippen LogP contribution in [0.15, 0.2) is 53.8 Å². The number of hydrogen-bond donors (Lipinski definition) is 3. The number of nitrogens with zero attached hydrogens (tertiary/aromatic N) is 2. The molecular weight excluding hydrogens is 476 g/mol. The summed E-state index contributed by atoms with van der Waals surface area (Å²) in [6.07, 6.45) is 2.90. The Hall–Kier alpha value is -2.43. The number of aromatic nitrogens is 1. The minimum Gasteiger partial charge on any atom is -0.486 e. The average Bonchev–Trinajstić information content (AvgIpc) is 2.66. The number of carbonyl (C=O) groups is 1. The monoisotopic (exact) mass is 501 g/mol. The van der Waals surface area contributed by atoms with Crippen LogP contribution in [0.3, 0.4) is 0 Å². The molecule has 3 N–H and O–H groups in total. The number of halogens is 2. The smallest absolute Gasteiger partial charge is 0.246 e. The SMILES string of the molecule is CCNC(=NCC(=O)Nc1cccnc1)NCC(C)Oc1ccccc1F.I. The van der Waals surface area contributed by atoms with Crippen LogP contribution < -0.4 is 20.7 Å². The first-order chi connectivity index (χ1) is 13.1. The molecule has 7 nitrogen and oxygen atoms in total. The van der Waals surface area contributed by atoms with Crippen molar-refractivity contribution in [2.24, 2.45) is 4.99 Å². The molecule has 1 unspecified atom stereocenters. The van der Waals surface area contributed by atoms with E-state index in [0.717, 1.165) is 0 Å². The summed E-state index contributed by atoms with van der Waals surface area (Å²) < 4.78 is 19.2. The number of nitrogens with one attached hydrogen (secondary N) is 3. The summed E-state index contributed by atoms with van der Waals surface area (Å²) in [4.78, 5) is 20.1. The van der Waals surface area contributed by atoms with E-state index in [4.69, 9.17) is 4.74 Å². The van der Waals surface area contributed by atoms with Crippen LogP contribution in [0.5, 0.6) is 5.75 Å². The molecule has 1 aromatic carbocycles. The third-order valence-electron chi connectivity index (χ3n) is 3.39. The molecule has 0 radical (unpaired) electrons. The van der Waals surface area contributed by atoms with E-state index in [-0.39, 0.29) is 48.3 Å². The Bertz CT molecular complexity index is 761. The van der Waals surface area contributed by atoms with Crippen molar-refractivity contribution in [3.05, 3.63) is 54.6 Å². The number of para-hydroxylation sites is 1. The maximum atomic E-state index is 13.6. The normalized spacial score (nSPS) is 11.8. The number of rotatable bonds is 8. The van der Waals surface area contributed by atoms with Gasteiger partial charge in [-0.15, -0.1) is 24.0 Å².